The predicted molar refractivity (Wildman–Crippen MR) is 103 cm³/mol. The van der Waals surface area contributed by atoms with Crippen LogP contribution in [0.5, 0.6) is 0 Å². The average molecular weight is 366 g/mol. The largest absolute Gasteiger partial charge is 0.286 e. The molecule has 23 heavy (non-hydrogen) atoms. The van der Waals surface area contributed by atoms with Crippen LogP contribution >= 0.6 is 12.6 Å². The molecule has 0 unspecified atom stereocenters. The standard InChI is InChI=1S/C18H37O3S2/c19-23(20,21)18-16-14-12-10-8-6-4-2-1-3-5-7-9-11-13-15-17-22/h1-18H2,(H,19,20,21). The summed E-state index contributed by atoms with van der Waals surface area (Å²) in [5, 5.41) is 0. The van der Waals surface area contributed by atoms with Crippen LogP contribution < -0.4 is 0 Å². The molecular weight excluding hydrogens is 328 g/mol. The van der Waals surface area contributed by atoms with Crippen molar-refractivity contribution in [2.45, 2.75) is 103 Å². The maximum atomic E-state index is 10.5. The molecule has 139 valence electrons. The van der Waals surface area contributed by atoms with Gasteiger partial charge < -0.3 is 0 Å². The quantitative estimate of drug-likeness (QED) is 0.228. The molecule has 0 aromatic heterocycles. The Morgan fingerprint density at radius 2 is 0.783 bits per heavy atom. The molecule has 0 amide bonds. The Morgan fingerprint density at radius 3 is 1.04 bits per heavy atom. The van der Waals surface area contributed by atoms with Gasteiger partial charge >= 0.3 is 0 Å². The van der Waals surface area contributed by atoms with Crippen LogP contribution in [0, 0.1) is 0 Å². The van der Waals surface area contributed by atoms with Crippen LogP contribution in [0.1, 0.15) is 103 Å². The summed E-state index contributed by atoms with van der Waals surface area (Å²) in [5.74, 6) is 0.839. The molecule has 1 N–H and O–H groups in total. The van der Waals surface area contributed by atoms with Gasteiger partial charge in [0.2, 0.25) is 0 Å². The van der Waals surface area contributed by atoms with E-state index in [9.17, 15) is 8.42 Å². The van der Waals surface area contributed by atoms with Gasteiger partial charge in [-0.05, 0) is 12.8 Å². The third-order valence-electron chi connectivity index (χ3n) is 4.30. The van der Waals surface area contributed by atoms with Crippen molar-refractivity contribution in [2.75, 3.05) is 11.5 Å². The molecule has 0 aliphatic heterocycles. The first kappa shape index (κ1) is 23.3. The van der Waals surface area contributed by atoms with Crippen molar-refractivity contribution in [1.29, 1.82) is 0 Å². The minimum atomic E-state index is -3.75. The van der Waals surface area contributed by atoms with Crippen molar-refractivity contribution in [2.24, 2.45) is 0 Å². The van der Waals surface area contributed by atoms with Gasteiger partial charge in [-0.25, -0.2) is 0 Å². The van der Waals surface area contributed by atoms with Crippen LogP contribution in [0.25, 0.3) is 0 Å². The number of unbranched alkanes of at least 4 members (excludes halogenated alkanes) is 15. The molecule has 0 saturated carbocycles. The van der Waals surface area contributed by atoms with Crippen molar-refractivity contribution in [3.8, 4) is 0 Å². The van der Waals surface area contributed by atoms with E-state index in [2.05, 4.69) is 0 Å². The molecule has 0 fully saturated rings. The maximum Gasteiger partial charge on any atom is 0.264 e. The summed E-state index contributed by atoms with van der Waals surface area (Å²) < 4.78 is 29.7. The fourth-order valence-electron chi connectivity index (χ4n) is 2.86. The number of rotatable bonds is 18. The third kappa shape index (κ3) is 22.3. The lowest BCUT2D eigenvalue weighted by molar-refractivity contribution is 0.478. The fourth-order valence-corrected chi connectivity index (χ4v) is 3.63. The van der Waals surface area contributed by atoms with Gasteiger partial charge in [0.05, 0.1) is 5.75 Å². The lowest BCUT2D eigenvalue weighted by atomic mass is 10.0. The SMILES string of the molecule is O=S(=O)(O)CCCCCCCCCCCCCCCCCC[S]. The fraction of sp³-hybridized carbons (Fsp3) is 1.00. The Balaban J connectivity index is 3.03. The van der Waals surface area contributed by atoms with E-state index in [-0.39, 0.29) is 5.75 Å². The van der Waals surface area contributed by atoms with E-state index in [1.807, 2.05) is 0 Å². The normalized spacial score (nSPS) is 11.9. The molecule has 0 rings (SSSR count). The van der Waals surface area contributed by atoms with E-state index in [1.165, 1.54) is 83.5 Å². The summed E-state index contributed by atoms with van der Waals surface area (Å²) in [5.41, 5.74) is 0. The van der Waals surface area contributed by atoms with Gasteiger partial charge in [0.1, 0.15) is 0 Å². The molecule has 0 bridgehead atoms. The van der Waals surface area contributed by atoms with Gasteiger partial charge in [0.25, 0.3) is 10.1 Å². The summed E-state index contributed by atoms with van der Waals surface area (Å²) in [6.07, 6.45) is 19.9. The number of hydrogen-bond acceptors (Lipinski definition) is 2. The molecule has 5 heteroatoms. The molecule has 0 spiro atoms. The molecule has 0 saturated heterocycles. The molecule has 0 heterocycles. The van der Waals surface area contributed by atoms with Crippen molar-refractivity contribution in [3.05, 3.63) is 0 Å². The van der Waals surface area contributed by atoms with Crippen LogP contribution in [0.2, 0.25) is 0 Å². The number of hydrogen-bond donors (Lipinski definition) is 1. The highest BCUT2D eigenvalue weighted by Gasteiger charge is 2.02. The molecule has 0 aliphatic rings. The van der Waals surface area contributed by atoms with Gasteiger partial charge in [-0.2, -0.15) is 8.42 Å². The first-order chi connectivity index (χ1) is 11.1. The molecule has 0 aromatic rings. The van der Waals surface area contributed by atoms with Crippen molar-refractivity contribution in [3.63, 3.8) is 0 Å². The van der Waals surface area contributed by atoms with Gasteiger partial charge in [-0.1, -0.05) is 103 Å². The summed E-state index contributed by atoms with van der Waals surface area (Å²) in [7, 11) is -3.75. The lowest BCUT2D eigenvalue weighted by Crippen LogP contribution is -2.03. The van der Waals surface area contributed by atoms with Crippen LogP contribution in [0.15, 0.2) is 0 Å². The molecule has 3 nitrogen and oxygen atoms in total. The highest BCUT2D eigenvalue weighted by Crippen LogP contribution is 2.13. The Labute approximate surface area is 150 Å². The second-order valence-electron chi connectivity index (χ2n) is 6.65. The van der Waals surface area contributed by atoms with Crippen LogP contribution in [-0.4, -0.2) is 24.5 Å². The van der Waals surface area contributed by atoms with E-state index in [4.69, 9.17) is 17.2 Å². The molecule has 0 aromatic carbocycles. The average Bonchev–Trinajstić information content (AvgIpc) is 2.49. The zero-order valence-corrected chi connectivity index (χ0v) is 16.4. The summed E-state index contributed by atoms with van der Waals surface area (Å²) in [6.45, 7) is 0. The topological polar surface area (TPSA) is 54.4 Å². The van der Waals surface area contributed by atoms with E-state index in [1.54, 1.807) is 0 Å². The summed E-state index contributed by atoms with van der Waals surface area (Å²) >= 11 is 4.94. The Kier molecular flexibility index (Phi) is 17.3. The monoisotopic (exact) mass is 365 g/mol. The molecule has 1 radical (unpaired) electrons. The van der Waals surface area contributed by atoms with E-state index >= 15 is 0 Å². The predicted octanol–water partition coefficient (Wildman–Crippen LogP) is 6.31. The second-order valence-corrected chi connectivity index (χ2v) is 8.63. The summed E-state index contributed by atoms with van der Waals surface area (Å²) in [4.78, 5) is 0. The van der Waals surface area contributed by atoms with Gasteiger partial charge in [0.15, 0.2) is 0 Å². The highest BCUT2D eigenvalue weighted by molar-refractivity contribution is 7.85. The lowest BCUT2D eigenvalue weighted by Gasteiger charge is -2.03. The smallest absolute Gasteiger partial charge is 0.264 e. The third-order valence-corrected chi connectivity index (χ3v) is 5.39. The first-order valence-corrected chi connectivity index (χ1v) is 11.8. The Bertz CT molecular complexity index is 329. The van der Waals surface area contributed by atoms with Gasteiger partial charge in [-0.15, -0.1) is 0 Å². The second kappa shape index (κ2) is 17.1. The maximum absolute atomic E-state index is 10.5. The Hall–Kier alpha value is 0.260. The minimum absolute atomic E-state index is 0.0824. The van der Waals surface area contributed by atoms with Crippen molar-refractivity contribution >= 4 is 22.7 Å². The van der Waals surface area contributed by atoms with E-state index in [0.29, 0.717) is 6.42 Å². The molecule has 0 aliphatic carbocycles. The van der Waals surface area contributed by atoms with E-state index < -0.39 is 10.1 Å². The Morgan fingerprint density at radius 1 is 0.522 bits per heavy atom. The summed E-state index contributed by atoms with van der Waals surface area (Å²) in [6, 6.07) is 0. The van der Waals surface area contributed by atoms with Crippen LogP contribution in [0.3, 0.4) is 0 Å². The molecule has 0 atom stereocenters. The molecular formula is C18H37O3S2. The first-order valence-electron chi connectivity index (χ1n) is 9.59. The van der Waals surface area contributed by atoms with Gasteiger partial charge in [-0.3, -0.25) is 4.55 Å². The zero-order chi connectivity index (χ0) is 17.2. The van der Waals surface area contributed by atoms with Crippen LogP contribution in [-0.2, 0) is 10.1 Å². The van der Waals surface area contributed by atoms with Crippen molar-refractivity contribution in [1.82, 2.24) is 0 Å². The minimum Gasteiger partial charge on any atom is -0.286 e. The highest BCUT2D eigenvalue weighted by atomic mass is 32.2. The zero-order valence-electron chi connectivity index (χ0n) is 14.8. The van der Waals surface area contributed by atoms with E-state index in [0.717, 1.165) is 18.6 Å². The van der Waals surface area contributed by atoms with Crippen molar-refractivity contribution < 1.29 is 13.0 Å². The van der Waals surface area contributed by atoms with Crippen LogP contribution in [0.4, 0.5) is 0 Å². The van der Waals surface area contributed by atoms with Gasteiger partial charge in [0, 0.05) is 5.75 Å².